The van der Waals surface area contributed by atoms with E-state index in [1.54, 1.807) is 0 Å². The molecule has 0 saturated carbocycles. The van der Waals surface area contributed by atoms with Crippen LogP contribution in [0.4, 0.5) is 17.1 Å². The van der Waals surface area contributed by atoms with Crippen LogP contribution in [0.5, 0.6) is 0 Å². The first-order valence-electron chi connectivity index (χ1n) is 21.8. The SMILES string of the molecule is c1ccc(-c2ccc3c(c2)c2ccccc2c2c(-c4ccc(N(c5ccc6ccccc6c5)c5cccc6ccccc56)cc4)cc(-c4ccccc4)c(-c4ccccc4)c32)cc1. The molecule has 1 nitrogen and oxygen atoms in total. The van der Waals surface area contributed by atoms with Gasteiger partial charge >= 0.3 is 0 Å². The Kier molecular flexibility index (Phi) is 8.90. The van der Waals surface area contributed by atoms with Crippen LogP contribution < -0.4 is 4.90 Å². The lowest BCUT2D eigenvalue weighted by atomic mass is 9.81. The molecular formula is C62H41N. The van der Waals surface area contributed by atoms with Gasteiger partial charge in [-0.3, -0.25) is 0 Å². The molecule has 0 fully saturated rings. The Morgan fingerprint density at radius 3 is 1.52 bits per heavy atom. The lowest BCUT2D eigenvalue weighted by molar-refractivity contribution is 1.30. The lowest BCUT2D eigenvalue weighted by Gasteiger charge is -2.27. The van der Waals surface area contributed by atoms with Crippen molar-refractivity contribution in [3.8, 4) is 44.5 Å². The average molecular weight is 800 g/mol. The number of hydrogen-bond donors (Lipinski definition) is 0. The summed E-state index contributed by atoms with van der Waals surface area (Å²) in [5, 5.41) is 12.4. The monoisotopic (exact) mass is 799 g/mol. The van der Waals surface area contributed by atoms with Gasteiger partial charge in [-0.15, -0.1) is 0 Å². The zero-order chi connectivity index (χ0) is 41.7. The predicted molar refractivity (Wildman–Crippen MR) is 270 cm³/mol. The van der Waals surface area contributed by atoms with Crippen LogP contribution in [-0.2, 0) is 0 Å². The van der Waals surface area contributed by atoms with Gasteiger partial charge < -0.3 is 4.90 Å². The second-order valence-electron chi connectivity index (χ2n) is 16.4. The Balaban J connectivity index is 1.15. The first-order chi connectivity index (χ1) is 31.3. The van der Waals surface area contributed by atoms with E-state index in [2.05, 4.69) is 254 Å². The van der Waals surface area contributed by atoms with Crippen molar-refractivity contribution in [2.45, 2.75) is 0 Å². The first-order valence-corrected chi connectivity index (χ1v) is 21.8. The van der Waals surface area contributed by atoms with E-state index >= 15 is 0 Å². The van der Waals surface area contributed by atoms with E-state index in [4.69, 9.17) is 0 Å². The summed E-state index contributed by atoms with van der Waals surface area (Å²) in [6, 6.07) is 91.2. The van der Waals surface area contributed by atoms with Crippen molar-refractivity contribution in [2.24, 2.45) is 0 Å². The third-order valence-electron chi connectivity index (χ3n) is 12.8. The van der Waals surface area contributed by atoms with Crippen molar-refractivity contribution in [3.63, 3.8) is 0 Å². The minimum absolute atomic E-state index is 1.10. The standard InChI is InChI=1S/C62H41N/c1-4-17-42(18-5-1)49-34-38-55-58(40-49)53-28-14-15-29-54(53)61-57(41-56(45-20-6-2-7-21-45)60(62(55)61)47-23-8-3-9-24-47)46-32-35-50(36-33-46)63(51-37-31-43-19-10-11-25-48(43)39-51)59-30-16-26-44-22-12-13-27-52(44)59/h1-41H. The largest absolute Gasteiger partial charge is 0.310 e. The van der Waals surface area contributed by atoms with Gasteiger partial charge in [0.05, 0.1) is 5.69 Å². The minimum Gasteiger partial charge on any atom is -0.310 e. The summed E-state index contributed by atoms with van der Waals surface area (Å²) in [4.78, 5) is 2.41. The van der Waals surface area contributed by atoms with E-state index < -0.39 is 0 Å². The zero-order valence-corrected chi connectivity index (χ0v) is 34.6. The molecule has 12 aromatic carbocycles. The van der Waals surface area contributed by atoms with Gasteiger partial charge in [0.15, 0.2) is 0 Å². The molecule has 294 valence electrons. The topological polar surface area (TPSA) is 3.24 Å². The molecule has 0 spiro atoms. The van der Waals surface area contributed by atoms with Gasteiger partial charge in [-0.1, -0.05) is 206 Å². The molecule has 0 radical (unpaired) electrons. The molecule has 0 amide bonds. The maximum Gasteiger partial charge on any atom is 0.0540 e. The first kappa shape index (κ1) is 36.6. The minimum atomic E-state index is 1.10. The summed E-state index contributed by atoms with van der Waals surface area (Å²) >= 11 is 0. The molecule has 0 N–H and O–H groups in total. The average Bonchev–Trinajstić information content (AvgIpc) is 3.37. The zero-order valence-electron chi connectivity index (χ0n) is 34.6. The van der Waals surface area contributed by atoms with E-state index in [0.717, 1.165) is 17.1 Å². The molecule has 0 aliphatic heterocycles. The Bertz CT molecular complexity index is 3640. The van der Waals surface area contributed by atoms with Crippen molar-refractivity contribution in [2.75, 3.05) is 4.90 Å². The summed E-state index contributed by atoms with van der Waals surface area (Å²) in [6.45, 7) is 0. The Labute approximate surface area is 367 Å². The molecular weight excluding hydrogens is 759 g/mol. The molecule has 0 saturated heterocycles. The maximum atomic E-state index is 2.46. The van der Waals surface area contributed by atoms with Gasteiger partial charge in [-0.2, -0.15) is 0 Å². The van der Waals surface area contributed by atoms with Crippen molar-refractivity contribution in [3.05, 3.63) is 249 Å². The number of anilines is 3. The molecule has 0 atom stereocenters. The normalized spacial score (nSPS) is 11.5. The molecule has 63 heavy (non-hydrogen) atoms. The van der Waals surface area contributed by atoms with E-state index in [0.29, 0.717) is 0 Å². The smallest absolute Gasteiger partial charge is 0.0540 e. The van der Waals surface area contributed by atoms with Gasteiger partial charge in [-0.05, 0) is 135 Å². The summed E-state index contributed by atoms with van der Waals surface area (Å²) in [6.07, 6.45) is 0. The second-order valence-corrected chi connectivity index (χ2v) is 16.4. The summed E-state index contributed by atoms with van der Waals surface area (Å²) < 4.78 is 0. The third kappa shape index (κ3) is 6.33. The molecule has 12 rings (SSSR count). The molecule has 0 aliphatic carbocycles. The van der Waals surface area contributed by atoms with Gasteiger partial charge in [0.1, 0.15) is 0 Å². The summed E-state index contributed by atoms with van der Waals surface area (Å²) in [7, 11) is 0. The highest BCUT2D eigenvalue weighted by Gasteiger charge is 2.23. The van der Waals surface area contributed by atoms with E-state index in [1.807, 2.05) is 0 Å². The quantitative estimate of drug-likeness (QED) is 0.145. The van der Waals surface area contributed by atoms with Crippen molar-refractivity contribution < 1.29 is 0 Å². The van der Waals surface area contributed by atoms with Crippen LogP contribution in [0.15, 0.2) is 249 Å². The van der Waals surface area contributed by atoms with Gasteiger partial charge in [0, 0.05) is 16.8 Å². The van der Waals surface area contributed by atoms with Gasteiger partial charge in [-0.25, -0.2) is 0 Å². The van der Waals surface area contributed by atoms with E-state index in [1.165, 1.54) is 98.4 Å². The highest BCUT2D eigenvalue weighted by Crippen LogP contribution is 2.50. The lowest BCUT2D eigenvalue weighted by Crippen LogP contribution is -2.10. The summed E-state index contributed by atoms with van der Waals surface area (Å²) in [5.74, 6) is 0. The van der Waals surface area contributed by atoms with Gasteiger partial charge in [0.25, 0.3) is 0 Å². The van der Waals surface area contributed by atoms with E-state index in [9.17, 15) is 0 Å². The third-order valence-corrected chi connectivity index (χ3v) is 12.8. The number of rotatable bonds is 7. The van der Waals surface area contributed by atoms with Crippen LogP contribution in [0.25, 0.3) is 98.4 Å². The van der Waals surface area contributed by atoms with Crippen LogP contribution in [0.1, 0.15) is 0 Å². The fourth-order valence-electron chi connectivity index (χ4n) is 9.88. The van der Waals surface area contributed by atoms with Crippen molar-refractivity contribution in [1.82, 2.24) is 0 Å². The van der Waals surface area contributed by atoms with Crippen LogP contribution in [0.3, 0.4) is 0 Å². The van der Waals surface area contributed by atoms with Gasteiger partial charge in [0.2, 0.25) is 0 Å². The number of benzene rings is 12. The molecule has 0 heterocycles. The Morgan fingerprint density at radius 1 is 0.238 bits per heavy atom. The predicted octanol–water partition coefficient (Wildman–Crippen LogP) is 17.6. The highest BCUT2D eigenvalue weighted by atomic mass is 15.1. The Morgan fingerprint density at radius 2 is 0.778 bits per heavy atom. The van der Waals surface area contributed by atoms with Crippen LogP contribution in [-0.4, -0.2) is 0 Å². The highest BCUT2D eigenvalue weighted by molar-refractivity contribution is 6.33. The van der Waals surface area contributed by atoms with Crippen molar-refractivity contribution in [1.29, 1.82) is 0 Å². The van der Waals surface area contributed by atoms with Crippen LogP contribution in [0.2, 0.25) is 0 Å². The molecule has 12 aromatic rings. The summed E-state index contributed by atoms with van der Waals surface area (Å²) in [5.41, 5.74) is 13.0. The van der Waals surface area contributed by atoms with E-state index in [-0.39, 0.29) is 0 Å². The Hall–Kier alpha value is -8.26. The second kappa shape index (κ2) is 15.3. The number of nitrogens with zero attached hydrogens (tertiary/aromatic N) is 1. The fraction of sp³-hybridized carbons (Fsp3) is 0. The van der Waals surface area contributed by atoms with Crippen LogP contribution >= 0.6 is 0 Å². The van der Waals surface area contributed by atoms with Crippen molar-refractivity contribution >= 4 is 70.9 Å². The fourth-order valence-corrected chi connectivity index (χ4v) is 9.88. The molecule has 0 bridgehead atoms. The number of hydrogen-bond acceptors (Lipinski definition) is 1. The molecule has 0 unspecified atom stereocenters. The molecule has 1 heteroatoms. The number of fused-ring (bicyclic) bond motifs is 8. The molecule has 0 aromatic heterocycles. The maximum absolute atomic E-state index is 2.46. The van der Waals surface area contributed by atoms with Crippen LogP contribution in [0, 0.1) is 0 Å². The molecule has 0 aliphatic rings.